The first kappa shape index (κ1) is 33.4. The summed E-state index contributed by atoms with van der Waals surface area (Å²) in [5, 5.41) is 8.49. The fourth-order valence-corrected chi connectivity index (χ4v) is 9.97. The smallest absolute Gasteiger partial charge is 0.415 e. The minimum atomic E-state index is -3.84. The Kier molecular flexibility index (Phi) is 7.67. The molecule has 270 valence electrons. The largest absolute Gasteiger partial charge is 0.427 e. The molecule has 4 heteroatoms. The SMILES string of the molecule is CP1(=O)Oc2c(cc3ccccc3c2-c2c(-c3ccccc3)ccc3ccccc23)-c2cc3ccccc3c(-c3c(-c4ccccc4)ccc4ccccc34)c2O1. The molecule has 10 aromatic carbocycles. The maximum atomic E-state index is 15.2. The van der Waals surface area contributed by atoms with Crippen LogP contribution in [0.15, 0.2) is 194 Å². The number of fused-ring (bicyclic) bond motifs is 7. The first-order chi connectivity index (χ1) is 28.0. The molecule has 1 heterocycles. The maximum absolute atomic E-state index is 15.2. The summed E-state index contributed by atoms with van der Waals surface area (Å²) >= 11 is 0. The van der Waals surface area contributed by atoms with E-state index in [0.717, 1.165) is 98.7 Å². The van der Waals surface area contributed by atoms with Gasteiger partial charge in [0.15, 0.2) is 0 Å². The molecule has 0 atom stereocenters. The van der Waals surface area contributed by atoms with Crippen LogP contribution in [0.3, 0.4) is 0 Å². The predicted molar refractivity (Wildman–Crippen MR) is 238 cm³/mol. The van der Waals surface area contributed by atoms with Gasteiger partial charge in [0.2, 0.25) is 0 Å². The average molecular weight is 751 g/mol. The van der Waals surface area contributed by atoms with Crippen LogP contribution in [0.4, 0.5) is 0 Å². The van der Waals surface area contributed by atoms with Crippen molar-refractivity contribution >= 4 is 50.7 Å². The molecule has 1 aliphatic heterocycles. The van der Waals surface area contributed by atoms with Crippen LogP contribution >= 0.6 is 7.60 Å². The van der Waals surface area contributed by atoms with Crippen molar-refractivity contribution in [2.45, 2.75) is 0 Å². The van der Waals surface area contributed by atoms with Crippen molar-refractivity contribution in [3.05, 3.63) is 194 Å². The van der Waals surface area contributed by atoms with Crippen LogP contribution < -0.4 is 9.05 Å². The van der Waals surface area contributed by atoms with Crippen molar-refractivity contribution in [2.75, 3.05) is 6.66 Å². The first-order valence-corrected chi connectivity index (χ1v) is 21.2. The fraction of sp³-hybridized carbons (Fsp3) is 0.0189. The standard InChI is InChI=1S/C53H35O3P/c1-57(54)55-52-46(32-38-22-10-14-26-42(38)50(52)48-40-24-12-8-20-36(40)28-30-44(48)34-16-4-2-5-17-34)47-33-39-23-11-15-27-43(39)51(53(47)56-57)49-41-25-13-9-21-37(41)29-31-45(49)35-18-6-3-7-19-35/h2-33H,1H3. The Bertz CT molecular complexity index is 3060. The van der Waals surface area contributed by atoms with Crippen molar-refractivity contribution in [1.29, 1.82) is 0 Å². The van der Waals surface area contributed by atoms with Crippen LogP contribution in [0.25, 0.3) is 98.7 Å². The highest BCUT2D eigenvalue weighted by Gasteiger charge is 2.36. The van der Waals surface area contributed by atoms with Gasteiger partial charge in [-0.3, -0.25) is 0 Å². The lowest BCUT2D eigenvalue weighted by Gasteiger charge is -2.22. The van der Waals surface area contributed by atoms with E-state index in [1.165, 1.54) is 0 Å². The second-order valence-electron chi connectivity index (χ2n) is 14.8. The molecule has 0 fully saturated rings. The van der Waals surface area contributed by atoms with Crippen molar-refractivity contribution in [2.24, 2.45) is 0 Å². The lowest BCUT2D eigenvalue weighted by atomic mass is 9.82. The van der Waals surface area contributed by atoms with Gasteiger partial charge in [0.1, 0.15) is 11.5 Å². The molecule has 0 unspecified atom stereocenters. The van der Waals surface area contributed by atoms with Crippen LogP contribution in [0.5, 0.6) is 11.5 Å². The molecule has 10 aromatic rings. The third-order valence-electron chi connectivity index (χ3n) is 11.3. The van der Waals surface area contributed by atoms with Gasteiger partial charge in [-0.05, 0) is 77.5 Å². The van der Waals surface area contributed by atoms with E-state index in [0.29, 0.717) is 11.5 Å². The Morgan fingerprint density at radius 2 is 0.667 bits per heavy atom. The summed E-state index contributed by atoms with van der Waals surface area (Å²) in [5.74, 6) is 1.10. The summed E-state index contributed by atoms with van der Waals surface area (Å²) in [5.41, 5.74) is 9.80. The van der Waals surface area contributed by atoms with Crippen LogP contribution in [-0.4, -0.2) is 6.66 Å². The molecule has 0 radical (unpaired) electrons. The zero-order chi connectivity index (χ0) is 38.1. The highest BCUT2D eigenvalue weighted by atomic mass is 31.2. The van der Waals surface area contributed by atoms with Crippen molar-refractivity contribution in [1.82, 2.24) is 0 Å². The minimum Gasteiger partial charge on any atom is -0.415 e. The summed E-state index contributed by atoms with van der Waals surface area (Å²) in [6.07, 6.45) is 0. The molecular weight excluding hydrogens is 716 g/mol. The van der Waals surface area contributed by atoms with Crippen LogP contribution in [0.1, 0.15) is 0 Å². The van der Waals surface area contributed by atoms with E-state index in [1.54, 1.807) is 6.66 Å². The van der Waals surface area contributed by atoms with Gasteiger partial charge in [-0.15, -0.1) is 0 Å². The third-order valence-corrected chi connectivity index (χ3v) is 12.4. The van der Waals surface area contributed by atoms with E-state index in [4.69, 9.17) is 9.05 Å². The second kappa shape index (κ2) is 13.1. The predicted octanol–water partition coefficient (Wildman–Crippen LogP) is 15.2. The molecular formula is C53H35O3P. The molecule has 0 aliphatic carbocycles. The first-order valence-electron chi connectivity index (χ1n) is 19.3. The average Bonchev–Trinajstić information content (AvgIpc) is 3.37. The monoisotopic (exact) mass is 750 g/mol. The molecule has 1 aliphatic rings. The molecule has 0 bridgehead atoms. The summed E-state index contributed by atoms with van der Waals surface area (Å²) in [7, 11) is -3.84. The molecule has 0 saturated heterocycles. The Morgan fingerprint density at radius 1 is 0.333 bits per heavy atom. The summed E-state index contributed by atoms with van der Waals surface area (Å²) in [4.78, 5) is 0. The van der Waals surface area contributed by atoms with E-state index in [9.17, 15) is 0 Å². The molecule has 57 heavy (non-hydrogen) atoms. The van der Waals surface area contributed by atoms with Gasteiger partial charge < -0.3 is 9.05 Å². The van der Waals surface area contributed by atoms with E-state index < -0.39 is 7.60 Å². The van der Waals surface area contributed by atoms with Crippen LogP contribution in [0, 0.1) is 0 Å². The number of hydrogen-bond donors (Lipinski definition) is 0. The van der Waals surface area contributed by atoms with Gasteiger partial charge in [0.25, 0.3) is 0 Å². The summed E-state index contributed by atoms with van der Waals surface area (Å²) in [6.45, 7) is 1.60. The zero-order valence-electron chi connectivity index (χ0n) is 31.1. The molecule has 11 rings (SSSR count). The Hall–Kier alpha value is -6.93. The lowest BCUT2D eigenvalue weighted by Crippen LogP contribution is -2.01. The number of benzene rings is 10. The zero-order valence-corrected chi connectivity index (χ0v) is 32.0. The summed E-state index contributed by atoms with van der Waals surface area (Å²) < 4.78 is 29.0. The Labute approximate surface area is 330 Å². The van der Waals surface area contributed by atoms with E-state index in [2.05, 4.69) is 182 Å². The Balaban J connectivity index is 1.33. The normalized spacial score (nSPS) is 13.1. The Morgan fingerprint density at radius 3 is 1.07 bits per heavy atom. The molecule has 0 N–H and O–H groups in total. The van der Waals surface area contributed by atoms with E-state index in [1.807, 2.05) is 12.1 Å². The minimum absolute atomic E-state index is 0.550. The topological polar surface area (TPSA) is 35.5 Å². The van der Waals surface area contributed by atoms with E-state index >= 15 is 4.57 Å². The molecule has 0 aromatic heterocycles. The molecule has 3 nitrogen and oxygen atoms in total. The highest BCUT2D eigenvalue weighted by Crippen LogP contribution is 2.62. The number of hydrogen-bond acceptors (Lipinski definition) is 3. The van der Waals surface area contributed by atoms with Gasteiger partial charge in [-0.25, -0.2) is 4.57 Å². The number of rotatable bonds is 4. The second-order valence-corrected chi connectivity index (χ2v) is 16.7. The molecule has 0 saturated carbocycles. The lowest BCUT2D eigenvalue weighted by molar-refractivity contribution is 0.400. The van der Waals surface area contributed by atoms with Crippen molar-refractivity contribution < 1.29 is 13.6 Å². The quantitative estimate of drug-likeness (QED) is 0.168. The van der Waals surface area contributed by atoms with Crippen LogP contribution in [0.2, 0.25) is 0 Å². The highest BCUT2D eigenvalue weighted by molar-refractivity contribution is 7.53. The van der Waals surface area contributed by atoms with Gasteiger partial charge in [-0.1, -0.05) is 182 Å². The molecule has 0 amide bonds. The molecule has 0 spiro atoms. The van der Waals surface area contributed by atoms with Gasteiger partial charge in [0.05, 0.1) is 6.66 Å². The van der Waals surface area contributed by atoms with Gasteiger partial charge in [-0.2, -0.15) is 0 Å². The third kappa shape index (κ3) is 5.46. The fourth-order valence-electron chi connectivity index (χ4n) is 8.89. The maximum Gasteiger partial charge on any atom is 0.427 e. The van der Waals surface area contributed by atoms with Crippen LogP contribution in [-0.2, 0) is 4.57 Å². The van der Waals surface area contributed by atoms with Gasteiger partial charge >= 0.3 is 7.60 Å². The van der Waals surface area contributed by atoms with Crippen molar-refractivity contribution in [3.8, 4) is 67.1 Å². The van der Waals surface area contributed by atoms with Gasteiger partial charge in [0, 0.05) is 33.4 Å². The van der Waals surface area contributed by atoms with E-state index in [-0.39, 0.29) is 0 Å². The summed E-state index contributed by atoms with van der Waals surface area (Å²) in [6, 6.07) is 67.9. The van der Waals surface area contributed by atoms with Crippen molar-refractivity contribution in [3.63, 3.8) is 0 Å².